The molecule has 0 saturated carbocycles. The molecule has 0 radical (unpaired) electrons. The molecule has 3 nitrogen and oxygen atoms in total. The zero-order valence-corrected chi connectivity index (χ0v) is 13.4. The third kappa shape index (κ3) is 2.05. The van der Waals surface area contributed by atoms with Gasteiger partial charge in [-0.25, -0.2) is 4.98 Å². The molecule has 1 aliphatic heterocycles. The van der Waals surface area contributed by atoms with Crippen LogP contribution in [0.5, 0.6) is 5.75 Å². The normalized spacial score (nSPS) is 17.0. The highest BCUT2D eigenvalue weighted by Gasteiger charge is 2.28. The van der Waals surface area contributed by atoms with E-state index in [2.05, 4.69) is 37.6 Å². The predicted octanol–water partition coefficient (Wildman–Crippen LogP) is 4.52. The number of rotatable bonds is 2. The fraction of sp³-hybridized carbons (Fsp3) is 0.188. The number of fused-ring (bicyclic) bond motifs is 2. The van der Waals surface area contributed by atoms with Gasteiger partial charge in [0.1, 0.15) is 18.2 Å². The Hall–Kier alpha value is -1.52. The smallest absolute Gasteiger partial charge is 0.125 e. The van der Waals surface area contributed by atoms with Gasteiger partial charge in [-0.15, -0.1) is 11.6 Å². The van der Waals surface area contributed by atoms with Gasteiger partial charge < -0.3 is 9.30 Å². The van der Waals surface area contributed by atoms with Gasteiger partial charge in [-0.05, 0) is 24.3 Å². The average molecular weight is 364 g/mol. The van der Waals surface area contributed by atoms with Crippen LogP contribution in [0.2, 0.25) is 0 Å². The highest BCUT2D eigenvalue weighted by molar-refractivity contribution is 9.10. The van der Waals surface area contributed by atoms with Crippen molar-refractivity contribution < 1.29 is 4.74 Å². The van der Waals surface area contributed by atoms with Crippen molar-refractivity contribution in [1.82, 2.24) is 9.55 Å². The molecule has 1 unspecified atom stereocenters. The van der Waals surface area contributed by atoms with Crippen LogP contribution in [-0.4, -0.2) is 16.2 Å². The summed E-state index contributed by atoms with van der Waals surface area (Å²) in [6.45, 7) is 0.616. The number of nitrogens with zero attached hydrogens (tertiary/aromatic N) is 2. The second kappa shape index (κ2) is 5.04. The highest BCUT2D eigenvalue weighted by atomic mass is 79.9. The van der Waals surface area contributed by atoms with E-state index in [4.69, 9.17) is 16.3 Å². The molecule has 0 amide bonds. The molecule has 2 aromatic carbocycles. The van der Waals surface area contributed by atoms with Crippen LogP contribution in [0.1, 0.15) is 17.4 Å². The number of benzene rings is 2. The first-order chi connectivity index (χ1) is 10.3. The van der Waals surface area contributed by atoms with Gasteiger partial charge in [0.15, 0.2) is 0 Å². The summed E-state index contributed by atoms with van der Waals surface area (Å²) in [6.07, 6.45) is 0. The summed E-state index contributed by atoms with van der Waals surface area (Å²) in [7, 11) is 0. The van der Waals surface area contributed by atoms with Gasteiger partial charge in [0.2, 0.25) is 0 Å². The zero-order chi connectivity index (χ0) is 14.4. The maximum Gasteiger partial charge on any atom is 0.125 e. The van der Waals surface area contributed by atoms with Crippen LogP contribution >= 0.6 is 27.5 Å². The third-order valence-corrected chi connectivity index (χ3v) is 4.56. The molecule has 1 atom stereocenters. The Bertz CT molecular complexity index is 830. The van der Waals surface area contributed by atoms with Gasteiger partial charge >= 0.3 is 0 Å². The number of aromatic nitrogens is 2. The molecule has 0 fully saturated rings. The number of imidazole rings is 1. The number of ether oxygens (including phenoxy) is 1. The van der Waals surface area contributed by atoms with Gasteiger partial charge in [-0.2, -0.15) is 0 Å². The topological polar surface area (TPSA) is 27.1 Å². The molecule has 1 aromatic heterocycles. The molecule has 0 N–H and O–H groups in total. The SMILES string of the molecule is ClCc1nc2cc(Br)ccc2n1C1COc2ccccc21. The van der Waals surface area contributed by atoms with E-state index in [1.54, 1.807) is 0 Å². The lowest BCUT2D eigenvalue weighted by Gasteiger charge is -2.15. The molecule has 3 aromatic rings. The Balaban J connectivity index is 1.94. The quantitative estimate of drug-likeness (QED) is 0.626. The van der Waals surface area contributed by atoms with Crippen LogP contribution in [0.3, 0.4) is 0 Å². The maximum atomic E-state index is 6.11. The molecular formula is C16H12BrClN2O. The Morgan fingerprint density at radius 3 is 3.00 bits per heavy atom. The van der Waals surface area contributed by atoms with E-state index in [-0.39, 0.29) is 6.04 Å². The minimum atomic E-state index is 0.126. The molecule has 2 heterocycles. The van der Waals surface area contributed by atoms with Gasteiger partial charge in [-0.3, -0.25) is 0 Å². The van der Waals surface area contributed by atoms with E-state index in [9.17, 15) is 0 Å². The summed E-state index contributed by atoms with van der Waals surface area (Å²) in [4.78, 5) is 4.65. The molecule has 0 spiro atoms. The summed E-state index contributed by atoms with van der Waals surface area (Å²) in [5.74, 6) is 2.20. The van der Waals surface area contributed by atoms with Crippen LogP contribution in [0.15, 0.2) is 46.9 Å². The third-order valence-electron chi connectivity index (χ3n) is 3.83. The number of hydrogen-bond donors (Lipinski definition) is 0. The average Bonchev–Trinajstić information content (AvgIpc) is 3.07. The second-order valence-electron chi connectivity index (χ2n) is 5.03. The summed E-state index contributed by atoms with van der Waals surface area (Å²) in [5, 5.41) is 0. The Morgan fingerprint density at radius 2 is 2.14 bits per heavy atom. The minimum Gasteiger partial charge on any atom is -0.491 e. The van der Waals surface area contributed by atoms with Crippen molar-refractivity contribution in [2.24, 2.45) is 0 Å². The molecule has 5 heteroatoms. The van der Waals surface area contributed by atoms with E-state index in [1.165, 1.54) is 5.56 Å². The number of halogens is 2. The molecule has 0 aliphatic carbocycles. The molecule has 1 aliphatic rings. The fourth-order valence-electron chi connectivity index (χ4n) is 2.92. The summed E-state index contributed by atoms with van der Waals surface area (Å²) < 4.78 is 9.02. The largest absolute Gasteiger partial charge is 0.491 e. The summed E-state index contributed by atoms with van der Waals surface area (Å²) in [5.41, 5.74) is 3.22. The van der Waals surface area contributed by atoms with E-state index in [0.717, 1.165) is 27.1 Å². The zero-order valence-electron chi connectivity index (χ0n) is 11.1. The van der Waals surface area contributed by atoms with Crippen LogP contribution in [-0.2, 0) is 5.88 Å². The lowest BCUT2D eigenvalue weighted by Crippen LogP contribution is -2.14. The summed E-state index contributed by atoms with van der Waals surface area (Å²) >= 11 is 9.60. The number of alkyl halides is 1. The van der Waals surface area contributed by atoms with Gasteiger partial charge in [0.25, 0.3) is 0 Å². The molecule has 0 saturated heterocycles. The van der Waals surface area contributed by atoms with Gasteiger partial charge in [0, 0.05) is 10.0 Å². The van der Waals surface area contributed by atoms with E-state index in [0.29, 0.717) is 12.5 Å². The van der Waals surface area contributed by atoms with Crippen molar-refractivity contribution in [1.29, 1.82) is 0 Å². The molecule has 21 heavy (non-hydrogen) atoms. The first kappa shape index (κ1) is 13.2. The number of hydrogen-bond acceptors (Lipinski definition) is 2. The van der Waals surface area contributed by atoms with Gasteiger partial charge in [-0.1, -0.05) is 34.1 Å². The monoisotopic (exact) mass is 362 g/mol. The first-order valence-electron chi connectivity index (χ1n) is 6.72. The maximum absolute atomic E-state index is 6.11. The van der Waals surface area contributed by atoms with Crippen molar-refractivity contribution in [3.63, 3.8) is 0 Å². The molecule has 106 valence electrons. The Labute approximate surface area is 135 Å². The van der Waals surface area contributed by atoms with Crippen molar-refractivity contribution in [2.45, 2.75) is 11.9 Å². The fourth-order valence-corrected chi connectivity index (χ4v) is 3.46. The van der Waals surface area contributed by atoms with Crippen LogP contribution in [0.4, 0.5) is 0 Å². The standard InChI is InChI=1S/C16H12BrClN2O/c17-10-5-6-13-12(7-10)19-16(8-18)20(13)14-9-21-15-4-2-1-3-11(14)15/h1-7,14H,8-9H2. The second-order valence-corrected chi connectivity index (χ2v) is 6.21. The van der Waals surface area contributed by atoms with Crippen molar-refractivity contribution >= 4 is 38.6 Å². The van der Waals surface area contributed by atoms with Crippen LogP contribution < -0.4 is 4.74 Å². The summed E-state index contributed by atoms with van der Waals surface area (Å²) in [6, 6.07) is 14.4. The highest BCUT2D eigenvalue weighted by Crippen LogP contribution is 2.37. The Kier molecular flexibility index (Phi) is 3.16. The van der Waals surface area contributed by atoms with E-state index >= 15 is 0 Å². The van der Waals surface area contributed by atoms with E-state index in [1.807, 2.05) is 30.3 Å². The Morgan fingerprint density at radius 1 is 1.29 bits per heavy atom. The molecular weight excluding hydrogens is 352 g/mol. The van der Waals surface area contributed by atoms with Crippen LogP contribution in [0.25, 0.3) is 11.0 Å². The minimum absolute atomic E-state index is 0.126. The molecule has 0 bridgehead atoms. The van der Waals surface area contributed by atoms with Gasteiger partial charge in [0.05, 0.1) is 23.0 Å². The predicted molar refractivity (Wildman–Crippen MR) is 87.1 cm³/mol. The first-order valence-corrected chi connectivity index (χ1v) is 8.05. The van der Waals surface area contributed by atoms with Crippen molar-refractivity contribution in [2.75, 3.05) is 6.61 Å². The lowest BCUT2D eigenvalue weighted by molar-refractivity contribution is 0.317. The lowest BCUT2D eigenvalue weighted by atomic mass is 10.1. The van der Waals surface area contributed by atoms with Crippen LogP contribution in [0, 0.1) is 0 Å². The van der Waals surface area contributed by atoms with Crippen molar-refractivity contribution in [3.8, 4) is 5.75 Å². The molecule has 4 rings (SSSR count). The van der Waals surface area contributed by atoms with E-state index < -0.39 is 0 Å². The number of para-hydroxylation sites is 1. The van der Waals surface area contributed by atoms with Crippen molar-refractivity contribution in [3.05, 3.63) is 58.3 Å².